The van der Waals surface area contributed by atoms with Crippen LogP contribution in [0.4, 0.5) is 0 Å². The van der Waals surface area contributed by atoms with Crippen molar-refractivity contribution in [2.45, 2.75) is 283 Å². The second kappa shape index (κ2) is 49.7. The fourth-order valence-corrected chi connectivity index (χ4v) is 7.79. The Morgan fingerprint density at radius 2 is 0.672 bits per heavy atom. The van der Waals surface area contributed by atoms with Gasteiger partial charge in [0, 0.05) is 6.42 Å². The van der Waals surface area contributed by atoms with E-state index in [2.05, 4.69) is 55.6 Å². The van der Waals surface area contributed by atoms with Crippen molar-refractivity contribution in [1.29, 1.82) is 0 Å². The molecule has 1 amide bonds. The van der Waals surface area contributed by atoms with Gasteiger partial charge in [-0.3, -0.25) is 4.79 Å². The van der Waals surface area contributed by atoms with E-state index in [1.165, 1.54) is 212 Å². The third-order valence-corrected chi connectivity index (χ3v) is 11.8. The number of amides is 1. The van der Waals surface area contributed by atoms with Gasteiger partial charge in [0.2, 0.25) is 5.91 Å². The molecule has 0 aromatic rings. The van der Waals surface area contributed by atoms with Gasteiger partial charge in [-0.2, -0.15) is 0 Å². The second-order valence-corrected chi connectivity index (χ2v) is 17.6. The zero-order valence-corrected chi connectivity index (χ0v) is 39.1. The van der Waals surface area contributed by atoms with Gasteiger partial charge >= 0.3 is 0 Å². The maximum absolute atomic E-state index is 12.4. The molecule has 0 heterocycles. The van der Waals surface area contributed by atoms with E-state index in [1.54, 1.807) is 6.08 Å². The lowest BCUT2D eigenvalue weighted by molar-refractivity contribution is -0.123. The predicted octanol–water partition coefficient (Wildman–Crippen LogP) is 16.7. The lowest BCUT2D eigenvalue weighted by atomic mass is 10.0. The molecule has 0 aliphatic heterocycles. The first-order valence-electron chi connectivity index (χ1n) is 25.9. The largest absolute Gasteiger partial charge is 0.394 e. The SMILES string of the molecule is CCCCCCCC/C=C/CC/C=C/CC/C=C/C(O)C(CO)NC(=O)CCCCCCCCCCCCCCCC/C=C\CCCCCCCCCCCCCC. The zero-order valence-electron chi connectivity index (χ0n) is 39.1. The average Bonchev–Trinajstić information content (AvgIpc) is 3.23. The van der Waals surface area contributed by atoms with Gasteiger partial charge in [0.15, 0.2) is 0 Å². The highest BCUT2D eigenvalue weighted by Gasteiger charge is 2.17. The average molecular weight is 812 g/mol. The van der Waals surface area contributed by atoms with Crippen LogP contribution in [0.25, 0.3) is 0 Å². The normalized spacial score (nSPS) is 13.2. The summed E-state index contributed by atoms with van der Waals surface area (Å²) in [4.78, 5) is 12.4. The Bertz CT molecular complexity index is 923. The van der Waals surface area contributed by atoms with Crippen molar-refractivity contribution in [2.75, 3.05) is 6.61 Å². The van der Waals surface area contributed by atoms with E-state index >= 15 is 0 Å². The molecule has 3 N–H and O–H groups in total. The van der Waals surface area contributed by atoms with Crippen molar-refractivity contribution in [3.8, 4) is 0 Å². The number of aliphatic hydroxyl groups is 2. The van der Waals surface area contributed by atoms with E-state index in [0.29, 0.717) is 6.42 Å². The molecule has 0 aromatic heterocycles. The smallest absolute Gasteiger partial charge is 0.220 e. The Morgan fingerprint density at radius 3 is 1.00 bits per heavy atom. The van der Waals surface area contributed by atoms with E-state index in [4.69, 9.17) is 0 Å². The Labute approximate surface area is 363 Å². The molecular weight excluding hydrogens is 711 g/mol. The number of allylic oxidation sites excluding steroid dienone is 7. The van der Waals surface area contributed by atoms with Gasteiger partial charge in [0.25, 0.3) is 0 Å². The molecule has 2 unspecified atom stereocenters. The first kappa shape index (κ1) is 56.4. The molecule has 2 atom stereocenters. The Morgan fingerprint density at radius 1 is 0.397 bits per heavy atom. The molecule has 0 aliphatic rings. The van der Waals surface area contributed by atoms with E-state index in [-0.39, 0.29) is 12.5 Å². The zero-order chi connectivity index (χ0) is 42.1. The number of hydrogen-bond acceptors (Lipinski definition) is 3. The van der Waals surface area contributed by atoms with Crippen LogP contribution in [0.2, 0.25) is 0 Å². The van der Waals surface area contributed by atoms with Crippen LogP contribution in [0.3, 0.4) is 0 Å². The van der Waals surface area contributed by atoms with Gasteiger partial charge in [0.05, 0.1) is 18.8 Å². The fraction of sp³-hybridized carbons (Fsp3) is 0.833. The van der Waals surface area contributed by atoms with Crippen molar-refractivity contribution in [3.63, 3.8) is 0 Å². The Kier molecular flexibility index (Phi) is 48.3. The van der Waals surface area contributed by atoms with Gasteiger partial charge in [-0.25, -0.2) is 0 Å². The molecule has 0 radical (unpaired) electrons. The van der Waals surface area contributed by atoms with E-state index in [0.717, 1.165) is 38.5 Å². The summed E-state index contributed by atoms with van der Waals surface area (Å²) in [5.74, 6) is -0.0764. The van der Waals surface area contributed by atoms with Crippen LogP contribution < -0.4 is 5.32 Å². The van der Waals surface area contributed by atoms with E-state index in [9.17, 15) is 15.0 Å². The molecule has 0 aliphatic carbocycles. The van der Waals surface area contributed by atoms with Crippen LogP contribution in [0.1, 0.15) is 271 Å². The number of carbonyl (C=O) groups is 1. The molecule has 58 heavy (non-hydrogen) atoms. The number of hydrogen-bond donors (Lipinski definition) is 3. The van der Waals surface area contributed by atoms with E-state index in [1.807, 2.05) is 6.08 Å². The van der Waals surface area contributed by atoms with Crippen molar-refractivity contribution in [1.82, 2.24) is 5.32 Å². The van der Waals surface area contributed by atoms with Crippen molar-refractivity contribution >= 4 is 5.91 Å². The van der Waals surface area contributed by atoms with E-state index < -0.39 is 12.1 Å². The molecule has 4 nitrogen and oxygen atoms in total. The van der Waals surface area contributed by atoms with Crippen LogP contribution in [0.15, 0.2) is 48.6 Å². The summed E-state index contributed by atoms with van der Waals surface area (Å²) in [7, 11) is 0. The van der Waals surface area contributed by atoms with Gasteiger partial charge in [-0.05, 0) is 70.6 Å². The highest BCUT2D eigenvalue weighted by atomic mass is 16.3. The standard InChI is InChI=1S/C54H101NO3/c1-3-5-7-9-11-13-15-17-19-21-22-23-24-25-26-27-28-29-30-31-32-33-34-36-38-40-42-44-46-48-50-54(58)55-52(51-56)53(57)49-47-45-43-41-39-37-35-20-18-16-14-12-10-8-6-4-2/h18,20,25-26,39,41,47,49,52-53,56-57H,3-17,19,21-24,27-38,40,42-46,48,50-51H2,1-2H3,(H,55,58)/b20-18+,26-25-,41-39+,49-47+. The third-order valence-electron chi connectivity index (χ3n) is 11.8. The maximum atomic E-state index is 12.4. The lowest BCUT2D eigenvalue weighted by Gasteiger charge is -2.19. The Hall–Kier alpha value is -1.65. The first-order chi connectivity index (χ1) is 28.7. The van der Waals surface area contributed by atoms with Gasteiger partial charge in [-0.1, -0.05) is 242 Å². The monoisotopic (exact) mass is 812 g/mol. The highest BCUT2D eigenvalue weighted by molar-refractivity contribution is 5.76. The molecule has 340 valence electrons. The summed E-state index contributed by atoms with van der Waals surface area (Å²) < 4.78 is 0. The van der Waals surface area contributed by atoms with Crippen LogP contribution in [-0.2, 0) is 4.79 Å². The minimum Gasteiger partial charge on any atom is -0.394 e. The molecule has 0 spiro atoms. The van der Waals surface area contributed by atoms with Crippen molar-refractivity contribution < 1.29 is 15.0 Å². The lowest BCUT2D eigenvalue weighted by Crippen LogP contribution is -2.45. The highest BCUT2D eigenvalue weighted by Crippen LogP contribution is 2.16. The number of nitrogens with one attached hydrogen (secondary N) is 1. The molecular formula is C54H101NO3. The minimum absolute atomic E-state index is 0.0764. The minimum atomic E-state index is -0.870. The summed E-state index contributed by atoms with van der Waals surface area (Å²) in [6.45, 7) is 4.30. The first-order valence-corrected chi connectivity index (χ1v) is 25.9. The number of aliphatic hydroxyl groups excluding tert-OH is 2. The van der Waals surface area contributed by atoms with Crippen molar-refractivity contribution in [2.24, 2.45) is 0 Å². The summed E-state index contributed by atoms with van der Waals surface area (Å²) in [6.07, 6.45) is 68.3. The van der Waals surface area contributed by atoms with Crippen LogP contribution in [-0.4, -0.2) is 34.9 Å². The van der Waals surface area contributed by atoms with Gasteiger partial charge < -0.3 is 15.5 Å². The summed E-state index contributed by atoms with van der Waals surface area (Å²) in [5.41, 5.74) is 0. The summed E-state index contributed by atoms with van der Waals surface area (Å²) in [6, 6.07) is -0.645. The second-order valence-electron chi connectivity index (χ2n) is 17.6. The third kappa shape index (κ3) is 45.4. The summed E-state index contributed by atoms with van der Waals surface area (Å²) in [5, 5.41) is 23.0. The van der Waals surface area contributed by atoms with Crippen LogP contribution in [0, 0.1) is 0 Å². The number of carbonyl (C=O) groups excluding carboxylic acids is 1. The maximum Gasteiger partial charge on any atom is 0.220 e. The summed E-state index contributed by atoms with van der Waals surface area (Å²) >= 11 is 0. The Balaban J connectivity index is 3.51. The molecule has 4 heteroatoms. The van der Waals surface area contributed by atoms with Crippen molar-refractivity contribution in [3.05, 3.63) is 48.6 Å². The predicted molar refractivity (Wildman–Crippen MR) is 258 cm³/mol. The number of unbranched alkanes of at least 4 members (excludes halogenated alkanes) is 34. The topological polar surface area (TPSA) is 69.6 Å². The molecule has 0 saturated heterocycles. The fourth-order valence-electron chi connectivity index (χ4n) is 7.79. The molecule has 0 fully saturated rings. The molecule has 0 saturated carbocycles. The molecule has 0 bridgehead atoms. The van der Waals surface area contributed by atoms with Crippen LogP contribution in [0.5, 0.6) is 0 Å². The number of rotatable bonds is 47. The quantitative estimate of drug-likeness (QED) is 0.0423. The van der Waals surface area contributed by atoms with Gasteiger partial charge in [0.1, 0.15) is 0 Å². The molecule has 0 aromatic carbocycles. The van der Waals surface area contributed by atoms with Crippen LogP contribution >= 0.6 is 0 Å². The molecule has 0 rings (SSSR count). The van der Waals surface area contributed by atoms with Gasteiger partial charge in [-0.15, -0.1) is 0 Å².